The number of carbonyl (C=O) groups is 1. The van der Waals surface area contributed by atoms with Crippen molar-refractivity contribution in [1.29, 1.82) is 5.26 Å². The molecule has 0 spiro atoms. The number of pyridine rings is 1. The number of hydrogen-bond acceptors (Lipinski definition) is 5. The molecule has 120 valence electrons. The lowest BCUT2D eigenvalue weighted by Crippen LogP contribution is -2.18. The summed E-state index contributed by atoms with van der Waals surface area (Å²) < 4.78 is 0. The maximum Gasteiger partial charge on any atom is 0.266 e. The van der Waals surface area contributed by atoms with Gasteiger partial charge in [0.2, 0.25) is 5.91 Å². The van der Waals surface area contributed by atoms with Gasteiger partial charge < -0.3 is 10.3 Å². The molecule has 0 saturated heterocycles. The van der Waals surface area contributed by atoms with E-state index in [2.05, 4.69) is 15.3 Å². The van der Waals surface area contributed by atoms with E-state index in [4.69, 9.17) is 5.26 Å². The summed E-state index contributed by atoms with van der Waals surface area (Å²) in [7, 11) is 0. The number of carbonyl (C=O) groups excluding carboxylic acids is 1. The molecular formula is C16H18N4O2S. The zero-order valence-corrected chi connectivity index (χ0v) is 14.3. The second kappa shape index (κ2) is 6.75. The maximum atomic E-state index is 12.1. The van der Waals surface area contributed by atoms with Crippen molar-refractivity contribution in [3.63, 3.8) is 0 Å². The zero-order valence-electron chi connectivity index (χ0n) is 13.5. The molecule has 2 rings (SSSR count). The number of nitrogens with one attached hydrogen (secondary N) is 2. The number of anilines is 1. The number of thiazole rings is 1. The predicted molar refractivity (Wildman–Crippen MR) is 89.8 cm³/mol. The predicted octanol–water partition coefficient (Wildman–Crippen LogP) is 2.51. The van der Waals surface area contributed by atoms with Crippen LogP contribution in [0.1, 0.15) is 39.4 Å². The minimum absolute atomic E-state index is 0.109. The fraction of sp³-hybridized carbons (Fsp3) is 0.375. The van der Waals surface area contributed by atoms with Crippen LogP contribution < -0.4 is 10.9 Å². The first-order valence-corrected chi connectivity index (χ1v) is 8.01. The van der Waals surface area contributed by atoms with Crippen LogP contribution in [0.25, 0.3) is 0 Å². The van der Waals surface area contributed by atoms with Crippen LogP contribution in [0.5, 0.6) is 0 Å². The van der Waals surface area contributed by atoms with Crippen molar-refractivity contribution in [1.82, 2.24) is 9.97 Å². The van der Waals surface area contributed by atoms with Crippen molar-refractivity contribution in [2.24, 2.45) is 0 Å². The lowest BCUT2D eigenvalue weighted by molar-refractivity contribution is -0.116. The molecule has 1 amide bonds. The van der Waals surface area contributed by atoms with E-state index >= 15 is 0 Å². The summed E-state index contributed by atoms with van der Waals surface area (Å²) in [6.45, 7) is 7.37. The summed E-state index contributed by atoms with van der Waals surface area (Å²) in [6, 6.07) is 1.91. The van der Waals surface area contributed by atoms with Gasteiger partial charge in [0.1, 0.15) is 11.6 Å². The molecule has 2 N–H and O–H groups in total. The van der Waals surface area contributed by atoms with Crippen LogP contribution >= 0.6 is 11.3 Å². The highest BCUT2D eigenvalue weighted by Gasteiger charge is 2.14. The van der Waals surface area contributed by atoms with E-state index in [9.17, 15) is 9.59 Å². The van der Waals surface area contributed by atoms with Crippen molar-refractivity contribution in [3.05, 3.63) is 43.3 Å². The Morgan fingerprint density at radius 3 is 2.61 bits per heavy atom. The SMILES string of the molecule is Cc1nc(NC(=O)CCc2c(C)[nH]c(=O)c(C#N)c2C)sc1C. The van der Waals surface area contributed by atoms with Crippen LogP contribution in [0, 0.1) is 39.0 Å². The van der Waals surface area contributed by atoms with E-state index in [0.29, 0.717) is 22.8 Å². The third-order valence-corrected chi connectivity index (χ3v) is 4.79. The largest absolute Gasteiger partial charge is 0.325 e. The van der Waals surface area contributed by atoms with Crippen molar-refractivity contribution in [3.8, 4) is 6.07 Å². The molecule has 2 heterocycles. The Morgan fingerprint density at radius 1 is 1.35 bits per heavy atom. The Balaban J connectivity index is 2.10. The van der Waals surface area contributed by atoms with E-state index < -0.39 is 0 Å². The standard InChI is InChI=1S/C16H18N4O2S/c1-8-12(10(3)18-15(22)13(8)7-17)5-6-14(21)20-16-19-9(2)11(4)23-16/h5-6H2,1-4H3,(H,18,22)(H,19,20,21). The Kier molecular flexibility index (Phi) is 4.96. The third-order valence-electron chi connectivity index (χ3n) is 3.80. The van der Waals surface area contributed by atoms with E-state index in [0.717, 1.165) is 16.1 Å². The zero-order chi connectivity index (χ0) is 17.1. The second-order valence-electron chi connectivity index (χ2n) is 5.38. The quantitative estimate of drug-likeness (QED) is 0.899. The summed E-state index contributed by atoms with van der Waals surface area (Å²) in [6.07, 6.45) is 0.717. The lowest BCUT2D eigenvalue weighted by atomic mass is 9.99. The van der Waals surface area contributed by atoms with E-state index in [1.54, 1.807) is 13.8 Å². The molecule has 0 aliphatic carbocycles. The maximum absolute atomic E-state index is 12.1. The molecule has 2 aromatic rings. The fourth-order valence-corrected chi connectivity index (χ4v) is 3.20. The Bertz CT molecular complexity index is 839. The van der Waals surface area contributed by atoms with Gasteiger partial charge in [0, 0.05) is 17.0 Å². The molecule has 0 atom stereocenters. The van der Waals surface area contributed by atoms with Gasteiger partial charge in [-0.2, -0.15) is 5.26 Å². The molecule has 0 radical (unpaired) electrons. The highest BCUT2D eigenvalue weighted by atomic mass is 32.1. The topological polar surface area (TPSA) is 98.6 Å². The average molecular weight is 330 g/mol. The van der Waals surface area contributed by atoms with Crippen molar-refractivity contribution >= 4 is 22.4 Å². The summed E-state index contributed by atoms with van der Waals surface area (Å²) in [5, 5.41) is 12.4. The average Bonchev–Trinajstić information content (AvgIpc) is 2.76. The Hall–Kier alpha value is -2.46. The van der Waals surface area contributed by atoms with Crippen LogP contribution in [-0.4, -0.2) is 15.9 Å². The highest BCUT2D eigenvalue weighted by molar-refractivity contribution is 7.15. The third kappa shape index (κ3) is 3.66. The number of amides is 1. The highest BCUT2D eigenvalue weighted by Crippen LogP contribution is 2.21. The Morgan fingerprint density at radius 2 is 2.04 bits per heavy atom. The van der Waals surface area contributed by atoms with Gasteiger partial charge >= 0.3 is 0 Å². The van der Waals surface area contributed by atoms with Gasteiger partial charge in [-0.15, -0.1) is 11.3 Å². The molecule has 0 saturated carbocycles. The summed E-state index contributed by atoms with van der Waals surface area (Å²) in [5.74, 6) is -0.137. The molecule has 0 fully saturated rings. The molecule has 0 unspecified atom stereocenters. The molecule has 0 aliphatic heterocycles. The van der Waals surface area contributed by atoms with Crippen LogP contribution in [0.3, 0.4) is 0 Å². The summed E-state index contributed by atoms with van der Waals surface area (Å²) >= 11 is 1.45. The molecule has 2 aromatic heterocycles. The van der Waals surface area contributed by atoms with Crippen LogP contribution in [-0.2, 0) is 11.2 Å². The van der Waals surface area contributed by atoms with E-state index in [1.165, 1.54) is 11.3 Å². The molecule has 0 bridgehead atoms. The van der Waals surface area contributed by atoms with Gasteiger partial charge in [-0.3, -0.25) is 9.59 Å². The number of aryl methyl sites for hydroxylation is 3. The molecule has 0 aromatic carbocycles. The number of rotatable bonds is 4. The van der Waals surface area contributed by atoms with Crippen LogP contribution in [0.2, 0.25) is 0 Å². The Labute approximate surface area is 138 Å². The normalized spacial score (nSPS) is 10.4. The first kappa shape index (κ1) is 16.9. The molecular weight excluding hydrogens is 312 g/mol. The first-order valence-electron chi connectivity index (χ1n) is 7.19. The second-order valence-corrected chi connectivity index (χ2v) is 6.58. The van der Waals surface area contributed by atoms with Gasteiger partial charge in [-0.25, -0.2) is 4.98 Å². The number of nitriles is 1. The first-order chi connectivity index (χ1) is 10.8. The monoisotopic (exact) mass is 330 g/mol. The number of H-pyrrole nitrogens is 1. The number of hydrogen-bond donors (Lipinski definition) is 2. The van der Waals surface area contributed by atoms with Crippen LogP contribution in [0.15, 0.2) is 4.79 Å². The van der Waals surface area contributed by atoms with Gasteiger partial charge in [0.25, 0.3) is 5.56 Å². The van der Waals surface area contributed by atoms with Crippen molar-refractivity contribution in [2.45, 2.75) is 40.5 Å². The van der Waals surface area contributed by atoms with Crippen LogP contribution in [0.4, 0.5) is 5.13 Å². The minimum atomic E-state index is -0.385. The van der Waals surface area contributed by atoms with Gasteiger partial charge in [0.05, 0.1) is 5.69 Å². The smallest absolute Gasteiger partial charge is 0.266 e. The number of aromatic amines is 1. The molecule has 7 heteroatoms. The van der Waals surface area contributed by atoms with Gasteiger partial charge in [-0.1, -0.05) is 0 Å². The number of nitrogens with zero attached hydrogens (tertiary/aromatic N) is 2. The van der Waals surface area contributed by atoms with Gasteiger partial charge in [0.15, 0.2) is 5.13 Å². The number of aromatic nitrogens is 2. The molecule has 0 aliphatic rings. The fourth-order valence-electron chi connectivity index (χ4n) is 2.37. The van der Waals surface area contributed by atoms with Gasteiger partial charge in [-0.05, 0) is 45.2 Å². The van der Waals surface area contributed by atoms with E-state index in [-0.39, 0.29) is 23.5 Å². The van der Waals surface area contributed by atoms with Crippen molar-refractivity contribution < 1.29 is 4.79 Å². The molecule has 23 heavy (non-hydrogen) atoms. The van der Waals surface area contributed by atoms with E-state index in [1.807, 2.05) is 19.9 Å². The lowest BCUT2D eigenvalue weighted by Gasteiger charge is -2.10. The summed E-state index contributed by atoms with van der Waals surface area (Å²) in [4.78, 5) is 31.8. The minimum Gasteiger partial charge on any atom is -0.325 e. The summed E-state index contributed by atoms with van der Waals surface area (Å²) in [5.41, 5.74) is 2.81. The molecule has 6 nitrogen and oxygen atoms in total. The van der Waals surface area contributed by atoms with Crippen molar-refractivity contribution in [2.75, 3.05) is 5.32 Å².